The maximum absolute atomic E-state index is 14.4. The van der Waals surface area contributed by atoms with Gasteiger partial charge in [-0.15, -0.1) is 0 Å². The molecule has 7 nitrogen and oxygen atoms in total. The summed E-state index contributed by atoms with van der Waals surface area (Å²) in [5.41, 5.74) is 5.16. The number of rotatable bonds is 7. The van der Waals surface area contributed by atoms with Gasteiger partial charge in [0, 0.05) is 67.6 Å². The van der Waals surface area contributed by atoms with E-state index in [0.717, 1.165) is 61.4 Å². The van der Waals surface area contributed by atoms with Crippen LogP contribution in [0.15, 0.2) is 53.7 Å². The van der Waals surface area contributed by atoms with Crippen LogP contribution in [0.4, 0.5) is 10.1 Å². The van der Waals surface area contributed by atoms with Crippen LogP contribution in [0.3, 0.4) is 0 Å². The number of hydrogen-bond donors (Lipinski definition) is 0. The minimum Gasteiger partial charge on any atom is -0.369 e. The fraction of sp³-hybridized carbons (Fsp3) is 0.400. The lowest BCUT2D eigenvalue weighted by Gasteiger charge is -2.40. The number of nitrogens with zero attached hydrogens (tertiary/aromatic N) is 6. The summed E-state index contributed by atoms with van der Waals surface area (Å²) in [5, 5.41) is 0.0867. The van der Waals surface area contributed by atoms with Crippen LogP contribution in [0.1, 0.15) is 54.2 Å². The van der Waals surface area contributed by atoms with Gasteiger partial charge in [0.05, 0.1) is 17.3 Å². The van der Waals surface area contributed by atoms with Gasteiger partial charge in [-0.3, -0.25) is 19.7 Å². The molecule has 0 radical (unpaired) electrons. The molecule has 9 heteroatoms. The van der Waals surface area contributed by atoms with Gasteiger partial charge in [-0.2, -0.15) is 0 Å². The summed E-state index contributed by atoms with van der Waals surface area (Å²) in [4.78, 5) is 31.6. The molecule has 5 heterocycles. The number of halogens is 2. The molecular formula is C30H32ClFN6O. The Labute approximate surface area is 232 Å². The largest absolute Gasteiger partial charge is 0.369 e. The van der Waals surface area contributed by atoms with E-state index in [1.807, 2.05) is 49.1 Å². The molecule has 1 saturated carbocycles. The highest BCUT2D eigenvalue weighted by atomic mass is 35.5. The first-order valence-electron chi connectivity index (χ1n) is 13.6. The molecule has 0 amide bonds. The number of anilines is 1. The molecule has 1 saturated heterocycles. The van der Waals surface area contributed by atoms with E-state index in [1.54, 1.807) is 0 Å². The van der Waals surface area contributed by atoms with Crippen molar-refractivity contribution in [3.63, 3.8) is 0 Å². The van der Waals surface area contributed by atoms with E-state index in [9.17, 15) is 9.18 Å². The van der Waals surface area contributed by atoms with Crippen LogP contribution in [0.5, 0.6) is 0 Å². The van der Waals surface area contributed by atoms with Gasteiger partial charge in [-0.1, -0.05) is 11.6 Å². The molecule has 4 aromatic rings. The Morgan fingerprint density at radius 2 is 1.92 bits per heavy atom. The Morgan fingerprint density at radius 1 is 1.08 bits per heavy atom. The van der Waals surface area contributed by atoms with Crippen LogP contribution < -0.4 is 10.3 Å². The van der Waals surface area contributed by atoms with Crippen LogP contribution >= 0.6 is 11.6 Å². The Kier molecular flexibility index (Phi) is 7.08. The van der Waals surface area contributed by atoms with Crippen molar-refractivity contribution >= 4 is 28.3 Å². The topological polar surface area (TPSA) is 67.2 Å². The number of aryl methyl sites for hydroxylation is 2. The maximum Gasteiger partial charge on any atom is 0.195 e. The first kappa shape index (κ1) is 25.9. The summed E-state index contributed by atoms with van der Waals surface area (Å²) >= 11 is 6.01. The van der Waals surface area contributed by atoms with Gasteiger partial charge in [0.15, 0.2) is 16.4 Å². The zero-order chi connectivity index (χ0) is 27.1. The third-order valence-corrected chi connectivity index (χ3v) is 8.09. The summed E-state index contributed by atoms with van der Waals surface area (Å²) in [6.07, 6.45) is 9.80. The normalized spacial score (nSPS) is 17.8. The number of hydrogen-bond acceptors (Lipinski definition) is 6. The fourth-order valence-electron chi connectivity index (χ4n) is 5.63. The number of pyridine rings is 4. The molecule has 1 aliphatic heterocycles. The van der Waals surface area contributed by atoms with E-state index >= 15 is 0 Å². The zero-order valence-electron chi connectivity index (χ0n) is 22.3. The summed E-state index contributed by atoms with van der Waals surface area (Å²) in [6.45, 7) is 6.93. The second-order valence-electron chi connectivity index (χ2n) is 10.9. The van der Waals surface area contributed by atoms with Crippen LogP contribution in [0.25, 0.3) is 11.0 Å². The van der Waals surface area contributed by atoms with E-state index in [0.29, 0.717) is 24.3 Å². The quantitative estimate of drug-likeness (QED) is 0.281. The van der Waals surface area contributed by atoms with Crippen molar-refractivity contribution in [3.05, 3.63) is 92.6 Å². The van der Waals surface area contributed by atoms with Crippen molar-refractivity contribution in [2.45, 2.75) is 64.7 Å². The minimum absolute atomic E-state index is 0.184. The smallest absolute Gasteiger partial charge is 0.195 e. The molecule has 202 valence electrons. The molecular weight excluding hydrogens is 515 g/mol. The molecule has 4 aromatic heterocycles. The highest BCUT2D eigenvalue weighted by Crippen LogP contribution is 2.37. The number of fused-ring (bicyclic) bond motifs is 1. The summed E-state index contributed by atoms with van der Waals surface area (Å²) in [5.74, 6) is -0.667. The average Bonchev–Trinajstić information content (AvgIpc) is 3.77. The van der Waals surface area contributed by atoms with Gasteiger partial charge in [0.25, 0.3) is 0 Å². The molecule has 0 bridgehead atoms. The van der Waals surface area contributed by atoms with Crippen molar-refractivity contribution in [3.8, 4) is 0 Å². The maximum atomic E-state index is 14.4. The monoisotopic (exact) mass is 546 g/mol. The lowest BCUT2D eigenvalue weighted by atomic mass is 10.0. The second kappa shape index (κ2) is 10.7. The van der Waals surface area contributed by atoms with E-state index in [2.05, 4.69) is 36.9 Å². The van der Waals surface area contributed by atoms with Crippen molar-refractivity contribution in [1.82, 2.24) is 24.4 Å². The lowest BCUT2D eigenvalue weighted by molar-refractivity contribution is 0.158. The van der Waals surface area contributed by atoms with Gasteiger partial charge >= 0.3 is 0 Å². The Bertz CT molecular complexity index is 1570. The standard InChI is InChI=1S/C30H32ClFN6O/c1-19-5-6-24(14-34-19)36-11-3-4-25(18-36)37(15-21-9-10-33-20(2)12-21)16-22-17-38(23-7-8-23)30-26(28(22)39)13-27(32)29(31)35-30/h5-6,9-10,12-14,17,23,25H,3-4,7-8,11,15-16,18H2,1-2H3. The zero-order valence-corrected chi connectivity index (χ0v) is 23.0. The average molecular weight is 547 g/mol. The molecule has 2 aliphatic rings. The number of piperidine rings is 1. The molecule has 6 rings (SSSR count). The SMILES string of the molecule is Cc1ccc(N2CCCC(N(Cc3ccnc(C)c3)Cc3cn(C4CC4)c4nc(Cl)c(F)cc4c3=O)C2)cn1. The van der Waals surface area contributed by atoms with Crippen molar-refractivity contribution in [2.24, 2.45) is 0 Å². The van der Waals surface area contributed by atoms with E-state index in [4.69, 9.17) is 11.6 Å². The number of aromatic nitrogens is 4. The van der Waals surface area contributed by atoms with Crippen LogP contribution in [-0.2, 0) is 13.1 Å². The summed E-state index contributed by atoms with van der Waals surface area (Å²) < 4.78 is 16.5. The Balaban J connectivity index is 1.37. The van der Waals surface area contributed by atoms with Gasteiger partial charge in [0.1, 0.15) is 5.65 Å². The van der Waals surface area contributed by atoms with E-state index in [-0.39, 0.29) is 28.1 Å². The first-order chi connectivity index (χ1) is 18.9. The van der Waals surface area contributed by atoms with Crippen molar-refractivity contribution < 1.29 is 4.39 Å². The Hall–Kier alpha value is -3.36. The third-order valence-electron chi connectivity index (χ3n) is 7.82. The highest BCUT2D eigenvalue weighted by molar-refractivity contribution is 6.29. The summed E-state index contributed by atoms with van der Waals surface area (Å²) in [7, 11) is 0. The highest BCUT2D eigenvalue weighted by Gasteiger charge is 2.30. The van der Waals surface area contributed by atoms with Crippen molar-refractivity contribution in [2.75, 3.05) is 18.0 Å². The van der Waals surface area contributed by atoms with Crippen molar-refractivity contribution in [1.29, 1.82) is 0 Å². The van der Waals surface area contributed by atoms with E-state index in [1.165, 1.54) is 6.07 Å². The van der Waals surface area contributed by atoms with Crippen LogP contribution in [-0.4, -0.2) is 43.6 Å². The predicted molar refractivity (Wildman–Crippen MR) is 152 cm³/mol. The molecule has 0 aromatic carbocycles. The van der Waals surface area contributed by atoms with Gasteiger partial charge in [0.2, 0.25) is 0 Å². The molecule has 39 heavy (non-hydrogen) atoms. The third kappa shape index (κ3) is 5.54. The molecule has 1 atom stereocenters. The predicted octanol–water partition coefficient (Wildman–Crippen LogP) is 5.60. The minimum atomic E-state index is -0.667. The van der Waals surface area contributed by atoms with E-state index < -0.39 is 5.82 Å². The Morgan fingerprint density at radius 3 is 2.67 bits per heavy atom. The molecule has 0 spiro atoms. The van der Waals surface area contributed by atoms with Crippen LogP contribution in [0, 0.1) is 19.7 Å². The first-order valence-corrected chi connectivity index (χ1v) is 14.0. The van der Waals surface area contributed by atoms with Gasteiger partial charge in [-0.25, -0.2) is 9.37 Å². The lowest BCUT2D eigenvalue weighted by Crippen LogP contribution is -2.48. The molecule has 0 N–H and O–H groups in total. The fourth-order valence-corrected chi connectivity index (χ4v) is 5.76. The van der Waals surface area contributed by atoms with Crippen LogP contribution in [0.2, 0.25) is 5.15 Å². The molecule has 1 aliphatic carbocycles. The second-order valence-corrected chi connectivity index (χ2v) is 11.2. The molecule has 2 fully saturated rings. The molecule has 1 unspecified atom stereocenters. The summed E-state index contributed by atoms with van der Waals surface area (Å²) in [6, 6.07) is 10.0. The van der Waals surface area contributed by atoms with Gasteiger partial charge < -0.3 is 9.47 Å². The van der Waals surface area contributed by atoms with Gasteiger partial charge in [-0.05, 0) is 75.4 Å².